The summed E-state index contributed by atoms with van der Waals surface area (Å²) in [6.07, 6.45) is 1.06. The van der Waals surface area contributed by atoms with Gasteiger partial charge in [-0.05, 0) is 24.3 Å². The molecule has 0 aliphatic rings. The Morgan fingerprint density at radius 2 is 1.90 bits per heavy atom. The summed E-state index contributed by atoms with van der Waals surface area (Å²) in [6, 6.07) is 12.1. The van der Waals surface area contributed by atoms with E-state index in [0.29, 0.717) is 31.9 Å². The van der Waals surface area contributed by atoms with Crippen LogP contribution in [0, 0.1) is 0 Å². The molecule has 7 nitrogen and oxygen atoms in total. The van der Waals surface area contributed by atoms with Crippen LogP contribution < -0.4 is 5.32 Å². The van der Waals surface area contributed by atoms with Gasteiger partial charge in [0.15, 0.2) is 5.13 Å². The largest absolute Gasteiger partial charge is 0.305 e. The zero-order valence-electron chi connectivity index (χ0n) is 15.5. The van der Waals surface area contributed by atoms with Gasteiger partial charge in [-0.3, -0.25) is 4.79 Å². The highest BCUT2D eigenvalue weighted by atomic mass is 35.5. The van der Waals surface area contributed by atoms with Crippen LogP contribution in [0.5, 0.6) is 0 Å². The summed E-state index contributed by atoms with van der Waals surface area (Å²) in [7, 11) is -3.62. The zero-order chi connectivity index (χ0) is 21.5. The number of amides is 1. The molecule has 2 aromatic heterocycles. The van der Waals surface area contributed by atoms with E-state index in [1.165, 1.54) is 15.9 Å². The Bertz CT molecular complexity index is 1380. The summed E-state index contributed by atoms with van der Waals surface area (Å²) in [5.41, 5.74) is 2.46. The van der Waals surface area contributed by atoms with E-state index < -0.39 is 15.7 Å². The average molecular weight is 481 g/mol. The highest BCUT2D eigenvalue weighted by Gasteiger charge is 2.21. The molecule has 0 saturated carbocycles. The number of fused-ring (bicyclic) bond motifs is 1. The molecule has 0 atom stereocenters. The number of halogens is 2. The first-order valence-electron chi connectivity index (χ1n) is 8.58. The van der Waals surface area contributed by atoms with E-state index >= 15 is 0 Å². The molecule has 0 saturated heterocycles. The summed E-state index contributed by atoms with van der Waals surface area (Å²) in [4.78, 5) is 21.2. The first kappa shape index (κ1) is 20.8. The Balaban J connectivity index is 1.58. The molecule has 0 unspecified atom stereocenters. The number of para-hydroxylation sites is 2. The van der Waals surface area contributed by atoms with Crippen molar-refractivity contribution >= 4 is 66.4 Å². The van der Waals surface area contributed by atoms with Crippen molar-refractivity contribution in [2.75, 3.05) is 11.6 Å². The minimum Gasteiger partial charge on any atom is -0.305 e. The summed E-state index contributed by atoms with van der Waals surface area (Å²) in [6.45, 7) is -0.218. The van der Waals surface area contributed by atoms with Gasteiger partial charge in [0.25, 0.3) is 0 Å². The maximum Gasteiger partial charge on any atom is 0.246 e. The Morgan fingerprint density at radius 3 is 2.63 bits per heavy atom. The van der Waals surface area contributed by atoms with Crippen molar-refractivity contribution in [1.82, 2.24) is 14.5 Å². The number of hydrogen-bond acceptors (Lipinski definition) is 6. The third kappa shape index (κ3) is 4.20. The molecule has 2 heterocycles. The number of thiazole rings is 1. The normalized spacial score (nSPS) is 11.7. The second-order valence-corrected chi connectivity index (χ2v) is 10.0. The van der Waals surface area contributed by atoms with E-state index in [-0.39, 0.29) is 11.7 Å². The molecule has 1 N–H and O–H groups in total. The lowest BCUT2D eigenvalue weighted by atomic mass is 10.2. The van der Waals surface area contributed by atoms with Crippen LogP contribution in [-0.4, -0.2) is 35.1 Å². The lowest BCUT2D eigenvalue weighted by Crippen LogP contribution is -2.21. The summed E-state index contributed by atoms with van der Waals surface area (Å²) >= 11 is 13.2. The molecule has 11 heteroatoms. The fraction of sp³-hybridized carbons (Fsp3) is 0.105. The molecule has 0 aliphatic heterocycles. The van der Waals surface area contributed by atoms with Crippen LogP contribution in [0.25, 0.3) is 22.3 Å². The van der Waals surface area contributed by atoms with Gasteiger partial charge in [-0.1, -0.05) is 41.4 Å². The quantitative estimate of drug-likeness (QED) is 0.453. The highest BCUT2D eigenvalue weighted by molar-refractivity contribution is 7.90. The number of rotatable bonds is 5. The maximum absolute atomic E-state index is 12.6. The van der Waals surface area contributed by atoms with Crippen LogP contribution in [0.4, 0.5) is 5.13 Å². The lowest BCUT2D eigenvalue weighted by molar-refractivity contribution is -0.116. The van der Waals surface area contributed by atoms with Crippen LogP contribution in [-0.2, 0) is 21.2 Å². The van der Waals surface area contributed by atoms with Crippen molar-refractivity contribution < 1.29 is 13.2 Å². The molecule has 2 aromatic carbocycles. The van der Waals surface area contributed by atoms with Crippen LogP contribution in [0.1, 0.15) is 0 Å². The molecule has 0 aliphatic carbocycles. The first-order chi connectivity index (χ1) is 14.2. The van der Waals surface area contributed by atoms with E-state index in [2.05, 4.69) is 15.3 Å². The van der Waals surface area contributed by atoms with E-state index in [0.717, 1.165) is 11.8 Å². The van der Waals surface area contributed by atoms with Crippen molar-refractivity contribution in [3.05, 3.63) is 57.9 Å². The molecule has 0 spiro atoms. The predicted molar refractivity (Wildman–Crippen MR) is 119 cm³/mol. The van der Waals surface area contributed by atoms with Gasteiger partial charge in [0, 0.05) is 17.2 Å². The standard InChI is InChI=1S/C19H14Cl2N4O3S2/c1-30(27,28)19-23-14-4-2-3-5-16(14)25(19)9-17(26)24-18-22-15(10-29-18)11-6-7-12(20)13(21)8-11/h2-8,10H,9H2,1H3,(H,22,24,26). The maximum atomic E-state index is 12.6. The molecule has 4 aromatic rings. The van der Waals surface area contributed by atoms with E-state index in [1.54, 1.807) is 47.8 Å². The van der Waals surface area contributed by atoms with E-state index in [4.69, 9.17) is 23.2 Å². The van der Waals surface area contributed by atoms with E-state index in [9.17, 15) is 13.2 Å². The Labute approximate surface area is 186 Å². The van der Waals surface area contributed by atoms with Gasteiger partial charge in [0.1, 0.15) is 6.54 Å². The number of benzene rings is 2. The Morgan fingerprint density at radius 1 is 1.13 bits per heavy atom. The monoisotopic (exact) mass is 480 g/mol. The highest BCUT2D eigenvalue weighted by Crippen LogP contribution is 2.30. The van der Waals surface area contributed by atoms with Crippen molar-refractivity contribution in [3.8, 4) is 11.3 Å². The van der Waals surface area contributed by atoms with Crippen LogP contribution >= 0.6 is 34.5 Å². The average Bonchev–Trinajstić information content (AvgIpc) is 3.29. The lowest BCUT2D eigenvalue weighted by Gasteiger charge is -2.07. The summed E-state index contributed by atoms with van der Waals surface area (Å²) in [5.74, 6) is -0.418. The first-order valence-corrected chi connectivity index (χ1v) is 12.1. The fourth-order valence-corrected chi connectivity index (χ4v) is 4.77. The molecule has 1 amide bonds. The van der Waals surface area contributed by atoms with Crippen molar-refractivity contribution in [3.63, 3.8) is 0 Å². The van der Waals surface area contributed by atoms with Gasteiger partial charge in [0.2, 0.25) is 20.9 Å². The van der Waals surface area contributed by atoms with Crippen molar-refractivity contribution in [2.24, 2.45) is 0 Å². The number of carbonyl (C=O) groups excluding carboxylic acids is 1. The van der Waals surface area contributed by atoms with Gasteiger partial charge < -0.3 is 9.88 Å². The third-order valence-electron chi connectivity index (χ3n) is 4.22. The number of nitrogens with one attached hydrogen (secondary N) is 1. The van der Waals surface area contributed by atoms with Gasteiger partial charge in [-0.2, -0.15) is 0 Å². The van der Waals surface area contributed by atoms with Gasteiger partial charge in [-0.15, -0.1) is 11.3 Å². The molecule has 0 bridgehead atoms. The van der Waals surface area contributed by atoms with Gasteiger partial charge >= 0.3 is 0 Å². The Kier molecular flexibility index (Phi) is 5.54. The molecular formula is C19H14Cl2N4O3S2. The number of anilines is 1. The number of hydrogen-bond donors (Lipinski definition) is 1. The predicted octanol–water partition coefficient (Wildman–Crippen LogP) is 4.51. The van der Waals surface area contributed by atoms with E-state index in [1.807, 2.05) is 0 Å². The van der Waals surface area contributed by atoms with Crippen molar-refractivity contribution in [2.45, 2.75) is 11.7 Å². The molecule has 0 radical (unpaired) electrons. The minimum atomic E-state index is -3.62. The molecule has 154 valence electrons. The smallest absolute Gasteiger partial charge is 0.246 e. The van der Waals surface area contributed by atoms with Crippen LogP contribution in [0.15, 0.2) is 53.0 Å². The number of imidazole rings is 1. The zero-order valence-corrected chi connectivity index (χ0v) is 18.6. The number of sulfone groups is 1. The number of carbonyl (C=O) groups is 1. The molecular weight excluding hydrogens is 467 g/mol. The topological polar surface area (TPSA) is 94.0 Å². The third-order valence-corrected chi connectivity index (χ3v) is 6.69. The van der Waals surface area contributed by atoms with Gasteiger partial charge in [-0.25, -0.2) is 18.4 Å². The fourth-order valence-electron chi connectivity index (χ4n) is 2.91. The summed E-state index contributed by atoms with van der Waals surface area (Å²) in [5, 5.41) is 5.56. The molecule has 4 rings (SSSR count). The second kappa shape index (κ2) is 7.99. The molecule has 0 fully saturated rings. The molecule has 30 heavy (non-hydrogen) atoms. The SMILES string of the molecule is CS(=O)(=O)c1nc2ccccc2n1CC(=O)Nc1nc(-c2ccc(Cl)c(Cl)c2)cs1. The van der Waals surface area contributed by atoms with Crippen molar-refractivity contribution in [1.29, 1.82) is 0 Å². The van der Waals surface area contributed by atoms with Gasteiger partial charge in [0.05, 0.1) is 26.8 Å². The summed E-state index contributed by atoms with van der Waals surface area (Å²) < 4.78 is 25.6. The van der Waals surface area contributed by atoms with Crippen LogP contribution in [0.3, 0.4) is 0 Å². The number of nitrogens with zero attached hydrogens (tertiary/aromatic N) is 3. The minimum absolute atomic E-state index is 0.158. The second-order valence-electron chi connectivity index (χ2n) is 6.46. The Hall–Kier alpha value is -2.46. The van der Waals surface area contributed by atoms with Crippen LogP contribution in [0.2, 0.25) is 10.0 Å². The number of aromatic nitrogens is 3.